The summed E-state index contributed by atoms with van der Waals surface area (Å²) in [7, 11) is 1.95. The molecule has 7 heteroatoms. The van der Waals surface area contributed by atoms with Crippen LogP contribution in [0.25, 0.3) is 0 Å². The Hall–Kier alpha value is -2.41. The SMILES string of the molecule is Cn1nccc1C1CCN(C(=O)Nc2ccc3c(c2F)CCNC3)CC1. The summed E-state index contributed by atoms with van der Waals surface area (Å²) >= 11 is 0. The summed E-state index contributed by atoms with van der Waals surface area (Å²) < 4.78 is 16.6. The first-order chi connectivity index (χ1) is 12.6. The summed E-state index contributed by atoms with van der Waals surface area (Å²) in [5, 5.41) is 10.2. The molecule has 0 radical (unpaired) electrons. The van der Waals surface area contributed by atoms with E-state index in [1.54, 1.807) is 11.0 Å². The molecule has 1 fully saturated rings. The molecule has 0 spiro atoms. The van der Waals surface area contributed by atoms with Gasteiger partial charge in [0.1, 0.15) is 5.82 Å². The Bertz CT molecular complexity index is 810. The number of benzene rings is 1. The molecular weight excluding hydrogens is 333 g/mol. The Kier molecular flexibility index (Phi) is 4.63. The molecular formula is C19H24FN5O. The van der Waals surface area contributed by atoms with Crippen LogP contribution < -0.4 is 10.6 Å². The van der Waals surface area contributed by atoms with Crippen LogP contribution in [0.3, 0.4) is 0 Å². The topological polar surface area (TPSA) is 62.2 Å². The number of nitrogens with one attached hydrogen (secondary N) is 2. The van der Waals surface area contributed by atoms with E-state index in [1.165, 1.54) is 5.69 Å². The number of anilines is 1. The lowest BCUT2D eigenvalue weighted by molar-refractivity contribution is 0.193. The predicted octanol–water partition coefficient (Wildman–Crippen LogP) is 2.62. The molecule has 2 aliphatic rings. The highest BCUT2D eigenvalue weighted by Gasteiger charge is 2.26. The van der Waals surface area contributed by atoms with Gasteiger partial charge in [0.05, 0.1) is 5.69 Å². The number of urea groups is 1. The zero-order valence-electron chi connectivity index (χ0n) is 15.0. The van der Waals surface area contributed by atoms with Gasteiger partial charge in [-0.2, -0.15) is 5.10 Å². The van der Waals surface area contributed by atoms with Crippen molar-refractivity contribution in [1.82, 2.24) is 20.0 Å². The zero-order valence-corrected chi connectivity index (χ0v) is 15.0. The summed E-state index contributed by atoms with van der Waals surface area (Å²) in [4.78, 5) is 14.3. The molecule has 6 nitrogen and oxygen atoms in total. The number of likely N-dealkylation sites (tertiary alicyclic amines) is 1. The van der Waals surface area contributed by atoms with Gasteiger partial charge in [-0.15, -0.1) is 0 Å². The minimum absolute atomic E-state index is 0.221. The molecule has 2 aliphatic heterocycles. The summed E-state index contributed by atoms with van der Waals surface area (Å²) in [5.74, 6) is 0.127. The van der Waals surface area contributed by atoms with Crippen molar-refractivity contribution in [1.29, 1.82) is 0 Å². The van der Waals surface area contributed by atoms with Gasteiger partial charge in [-0.1, -0.05) is 6.07 Å². The van der Waals surface area contributed by atoms with Crippen molar-refractivity contribution >= 4 is 11.7 Å². The normalized spacial score (nSPS) is 17.8. The standard InChI is InChI=1S/C19H24FN5O/c1-24-17(5-9-22-24)13-6-10-25(11-7-13)19(26)23-16-3-2-14-12-21-8-4-15(14)18(16)20/h2-3,5,9,13,21H,4,6-8,10-12H2,1H3,(H,23,26). The van der Waals surface area contributed by atoms with Crippen molar-refractivity contribution in [2.75, 3.05) is 25.0 Å². The van der Waals surface area contributed by atoms with E-state index >= 15 is 0 Å². The molecule has 1 aromatic carbocycles. The molecule has 0 aliphatic carbocycles. The Morgan fingerprint density at radius 2 is 2.12 bits per heavy atom. The van der Waals surface area contributed by atoms with Crippen LogP contribution in [0.15, 0.2) is 24.4 Å². The van der Waals surface area contributed by atoms with Crippen LogP contribution in [0.2, 0.25) is 0 Å². The average molecular weight is 357 g/mol. The highest BCUT2D eigenvalue weighted by atomic mass is 19.1. The lowest BCUT2D eigenvalue weighted by Gasteiger charge is -2.32. The van der Waals surface area contributed by atoms with Crippen LogP contribution in [0, 0.1) is 5.82 Å². The number of halogens is 1. The van der Waals surface area contributed by atoms with E-state index in [1.807, 2.05) is 30.1 Å². The van der Waals surface area contributed by atoms with Gasteiger partial charge in [-0.25, -0.2) is 9.18 Å². The van der Waals surface area contributed by atoms with E-state index in [4.69, 9.17) is 0 Å². The maximum absolute atomic E-state index is 14.7. The smallest absolute Gasteiger partial charge is 0.321 e. The van der Waals surface area contributed by atoms with Crippen LogP contribution >= 0.6 is 0 Å². The minimum atomic E-state index is -0.290. The third kappa shape index (κ3) is 3.19. The number of fused-ring (bicyclic) bond motifs is 1. The second-order valence-electron chi connectivity index (χ2n) is 7.06. The third-order valence-electron chi connectivity index (χ3n) is 5.51. The molecule has 4 rings (SSSR count). The van der Waals surface area contributed by atoms with Crippen molar-refractivity contribution in [3.63, 3.8) is 0 Å². The van der Waals surface area contributed by atoms with Crippen molar-refractivity contribution in [3.05, 3.63) is 47.0 Å². The molecule has 1 aromatic heterocycles. The molecule has 26 heavy (non-hydrogen) atoms. The first-order valence-electron chi connectivity index (χ1n) is 9.18. The van der Waals surface area contributed by atoms with Gasteiger partial charge in [-0.05, 0) is 49.1 Å². The van der Waals surface area contributed by atoms with Crippen LogP contribution in [0.4, 0.5) is 14.9 Å². The molecule has 1 saturated heterocycles. The highest BCUT2D eigenvalue weighted by molar-refractivity contribution is 5.89. The second kappa shape index (κ2) is 7.07. The van der Waals surface area contributed by atoms with Gasteiger partial charge in [0.25, 0.3) is 0 Å². The van der Waals surface area contributed by atoms with Crippen LogP contribution in [0.5, 0.6) is 0 Å². The molecule has 2 N–H and O–H groups in total. The van der Waals surface area contributed by atoms with Crippen LogP contribution in [-0.2, 0) is 20.0 Å². The number of carbonyl (C=O) groups is 1. The monoisotopic (exact) mass is 357 g/mol. The van der Waals surface area contributed by atoms with Crippen molar-refractivity contribution in [3.8, 4) is 0 Å². The van der Waals surface area contributed by atoms with Crippen molar-refractivity contribution in [2.45, 2.75) is 31.7 Å². The number of rotatable bonds is 2. The molecule has 2 aromatic rings. The molecule has 0 unspecified atom stereocenters. The number of piperidine rings is 1. The van der Waals surface area contributed by atoms with E-state index in [0.717, 1.165) is 30.5 Å². The van der Waals surface area contributed by atoms with E-state index < -0.39 is 0 Å². The predicted molar refractivity (Wildman–Crippen MR) is 97.6 cm³/mol. The number of aryl methyl sites for hydroxylation is 1. The summed E-state index contributed by atoms with van der Waals surface area (Å²) in [6, 6.07) is 5.38. The third-order valence-corrected chi connectivity index (χ3v) is 5.51. The minimum Gasteiger partial charge on any atom is -0.324 e. The van der Waals surface area contributed by atoms with Crippen LogP contribution in [0.1, 0.15) is 35.6 Å². The maximum Gasteiger partial charge on any atom is 0.321 e. The molecule has 2 amide bonds. The maximum atomic E-state index is 14.7. The Morgan fingerprint density at radius 3 is 2.85 bits per heavy atom. The molecule has 3 heterocycles. The average Bonchev–Trinajstić information content (AvgIpc) is 3.10. The number of hydrogen-bond acceptors (Lipinski definition) is 3. The Labute approximate surface area is 152 Å². The van der Waals surface area contributed by atoms with Gasteiger partial charge in [0.15, 0.2) is 0 Å². The number of amides is 2. The van der Waals surface area contributed by atoms with Crippen LogP contribution in [-0.4, -0.2) is 40.3 Å². The lowest BCUT2D eigenvalue weighted by Crippen LogP contribution is -2.41. The highest BCUT2D eigenvalue weighted by Crippen LogP contribution is 2.29. The van der Waals surface area contributed by atoms with E-state index in [9.17, 15) is 9.18 Å². The number of carbonyl (C=O) groups excluding carboxylic acids is 1. The summed E-state index contributed by atoms with van der Waals surface area (Å²) in [6.07, 6.45) is 4.25. The number of aromatic nitrogens is 2. The first-order valence-corrected chi connectivity index (χ1v) is 9.18. The summed E-state index contributed by atoms with van der Waals surface area (Å²) in [5.41, 5.74) is 3.18. The van der Waals surface area contributed by atoms with Gasteiger partial charge in [-0.3, -0.25) is 4.68 Å². The fourth-order valence-corrected chi connectivity index (χ4v) is 3.99. The fraction of sp³-hybridized carbons (Fsp3) is 0.474. The molecule has 0 saturated carbocycles. The molecule has 0 atom stereocenters. The fourth-order valence-electron chi connectivity index (χ4n) is 3.99. The van der Waals surface area contributed by atoms with E-state index in [-0.39, 0.29) is 17.5 Å². The van der Waals surface area contributed by atoms with E-state index in [0.29, 0.717) is 32.0 Å². The van der Waals surface area contributed by atoms with Gasteiger partial charge in [0.2, 0.25) is 0 Å². The molecule has 138 valence electrons. The molecule has 0 bridgehead atoms. The van der Waals surface area contributed by atoms with Crippen molar-refractivity contribution in [2.24, 2.45) is 7.05 Å². The van der Waals surface area contributed by atoms with E-state index in [2.05, 4.69) is 15.7 Å². The Morgan fingerprint density at radius 1 is 1.31 bits per heavy atom. The number of hydrogen-bond donors (Lipinski definition) is 2. The zero-order chi connectivity index (χ0) is 18.1. The van der Waals surface area contributed by atoms with Gasteiger partial charge >= 0.3 is 6.03 Å². The second-order valence-corrected chi connectivity index (χ2v) is 7.06. The van der Waals surface area contributed by atoms with Crippen molar-refractivity contribution < 1.29 is 9.18 Å². The van der Waals surface area contributed by atoms with Gasteiger partial charge < -0.3 is 15.5 Å². The first kappa shape index (κ1) is 17.0. The van der Waals surface area contributed by atoms with Gasteiger partial charge in [0, 0.05) is 44.5 Å². The quantitative estimate of drug-likeness (QED) is 0.869. The lowest BCUT2D eigenvalue weighted by atomic mass is 9.93. The largest absolute Gasteiger partial charge is 0.324 e. The summed E-state index contributed by atoms with van der Waals surface area (Å²) in [6.45, 7) is 2.78. The number of nitrogens with zero attached hydrogens (tertiary/aromatic N) is 3. The Balaban J connectivity index is 1.40.